The van der Waals surface area contributed by atoms with Gasteiger partial charge >= 0.3 is 5.97 Å². The molecule has 112 valence electrons. The number of nitrogens with one attached hydrogen (secondary N) is 1. The minimum absolute atomic E-state index is 0.245. The lowest BCUT2D eigenvalue weighted by Crippen LogP contribution is -2.03. The van der Waals surface area contributed by atoms with Crippen LogP contribution in [0, 0.1) is 6.92 Å². The van der Waals surface area contributed by atoms with Crippen molar-refractivity contribution in [3.8, 4) is 0 Å². The predicted octanol–water partition coefficient (Wildman–Crippen LogP) is 3.52. The van der Waals surface area contributed by atoms with Gasteiger partial charge in [-0.2, -0.15) is 0 Å². The van der Waals surface area contributed by atoms with Crippen molar-refractivity contribution in [1.29, 1.82) is 0 Å². The van der Waals surface area contributed by atoms with Gasteiger partial charge in [0, 0.05) is 10.6 Å². The summed E-state index contributed by atoms with van der Waals surface area (Å²) >= 11 is 5.91. The first-order valence-electron chi connectivity index (χ1n) is 6.51. The standard InChI is InChI=1S/C16H12ClNO4/c1-8-12(16(20)21-2)6-10(22-8)7-13-11-4-3-9(17)5-14(11)18-15(13)19/h3-7H,1-2H3,(H,18,19). The first kappa shape index (κ1) is 14.4. The summed E-state index contributed by atoms with van der Waals surface area (Å²) in [4.78, 5) is 23.7. The number of hydrogen-bond donors (Lipinski definition) is 1. The average molecular weight is 318 g/mol. The minimum atomic E-state index is -0.478. The third-order valence-corrected chi connectivity index (χ3v) is 3.63. The maximum absolute atomic E-state index is 12.1. The SMILES string of the molecule is COC(=O)c1cc(C=C2C(=O)Nc3cc(Cl)ccc32)oc1C. The van der Waals surface area contributed by atoms with Crippen LogP contribution >= 0.6 is 11.6 Å². The Bertz CT molecular complexity index is 820. The van der Waals surface area contributed by atoms with Crippen LogP contribution in [-0.2, 0) is 9.53 Å². The number of benzene rings is 1. The first-order valence-corrected chi connectivity index (χ1v) is 6.89. The van der Waals surface area contributed by atoms with E-state index in [9.17, 15) is 9.59 Å². The van der Waals surface area contributed by atoms with E-state index in [-0.39, 0.29) is 5.91 Å². The van der Waals surface area contributed by atoms with Crippen molar-refractivity contribution in [2.24, 2.45) is 0 Å². The molecule has 0 saturated heterocycles. The molecule has 3 rings (SSSR count). The second-order valence-corrected chi connectivity index (χ2v) is 5.25. The molecule has 2 aromatic rings. The normalized spacial score (nSPS) is 14.9. The van der Waals surface area contributed by atoms with Gasteiger partial charge in [-0.05, 0) is 31.2 Å². The highest BCUT2D eigenvalue weighted by Crippen LogP contribution is 2.35. The zero-order valence-corrected chi connectivity index (χ0v) is 12.7. The Balaban J connectivity index is 2.03. The maximum atomic E-state index is 12.1. The van der Waals surface area contributed by atoms with Crippen molar-refractivity contribution in [2.75, 3.05) is 12.4 Å². The molecule has 0 spiro atoms. The molecule has 1 aromatic heterocycles. The Morgan fingerprint density at radius 3 is 2.86 bits per heavy atom. The van der Waals surface area contributed by atoms with E-state index >= 15 is 0 Å². The van der Waals surface area contributed by atoms with Gasteiger partial charge in [-0.15, -0.1) is 0 Å². The summed E-state index contributed by atoms with van der Waals surface area (Å²) in [5.74, 6) is 0.124. The molecule has 6 heteroatoms. The van der Waals surface area contributed by atoms with Crippen molar-refractivity contribution >= 4 is 40.8 Å². The molecule has 0 bridgehead atoms. The topological polar surface area (TPSA) is 68.5 Å². The van der Waals surface area contributed by atoms with E-state index in [4.69, 9.17) is 16.0 Å². The fourth-order valence-corrected chi connectivity index (χ4v) is 2.51. The first-order chi connectivity index (χ1) is 10.5. The maximum Gasteiger partial charge on any atom is 0.341 e. The van der Waals surface area contributed by atoms with Gasteiger partial charge in [0.05, 0.1) is 18.4 Å². The molecule has 0 unspecified atom stereocenters. The van der Waals surface area contributed by atoms with Crippen LogP contribution in [0.2, 0.25) is 5.02 Å². The summed E-state index contributed by atoms with van der Waals surface area (Å²) in [6.45, 7) is 1.66. The molecule has 0 atom stereocenters. The van der Waals surface area contributed by atoms with Crippen LogP contribution in [0.15, 0.2) is 28.7 Å². The van der Waals surface area contributed by atoms with Crippen LogP contribution in [0.4, 0.5) is 5.69 Å². The molecule has 0 fully saturated rings. The molecule has 22 heavy (non-hydrogen) atoms. The van der Waals surface area contributed by atoms with E-state index < -0.39 is 5.97 Å². The predicted molar refractivity (Wildman–Crippen MR) is 82.7 cm³/mol. The highest BCUT2D eigenvalue weighted by Gasteiger charge is 2.25. The number of esters is 1. The minimum Gasteiger partial charge on any atom is -0.465 e. The molecule has 1 aliphatic rings. The number of methoxy groups -OCH3 is 1. The average Bonchev–Trinajstić information content (AvgIpc) is 2.99. The van der Waals surface area contributed by atoms with Crippen molar-refractivity contribution in [3.05, 3.63) is 51.9 Å². The van der Waals surface area contributed by atoms with E-state index in [0.29, 0.717) is 33.4 Å². The quantitative estimate of drug-likeness (QED) is 0.679. The number of furan rings is 1. The van der Waals surface area contributed by atoms with Crippen LogP contribution in [0.5, 0.6) is 0 Å². The van der Waals surface area contributed by atoms with Gasteiger partial charge in [0.15, 0.2) is 0 Å². The Labute approximate surface area is 131 Å². The summed E-state index contributed by atoms with van der Waals surface area (Å²) in [6.07, 6.45) is 1.59. The van der Waals surface area contributed by atoms with Crippen molar-refractivity contribution in [2.45, 2.75) is 6.92 Å². The molecule has 0 radical (unpaired) electrons. The summed E-state index contributed by atoms with van der Waals surface area (Å²) < 4.78 is 10.2. The number of rotatable bonds is 2. The molecular weight excluding hydrogens is 306 g/mol. The van der Waals surface area contributed by atoms with E-state index in [1.54, 1.807) is 37.3 Å². The lowest BCUT2D eigenvalue weighted by Gasteiger charge is -1.97. The molecular formula is C16H12ClNO4. The van der Waals surface area contributed by atoms with E-state index in [0.717, 1.165) is 5.56 Å². The monoisotopic (exact) mass is 317 g/mol. The van der Waals surface area contributed by atoms with Gasteiger partial charge in [-0.3, -0.25) is 4.79 Å². The molecule has 1 N–H and O–H groups in total. The Kier molecular flexibility index (Phi) is 3.50. The second kappa shape index (κ2) is 5.35. The number of amides is 1. The highest BCUT2D eigenvalue weighted by molar-refractivity contribution is 6.36. The highest BCUT2D eigenvalue weighted by atomic mass is 35.5. The number of carbonyl (C=O) groups excluding carboxylic acids is 2. The Hall–Kier alpha value is -2.53. The number of hydrogen-bond acceptors (Lipinski definition) is 4. The molecule has 0 saturated carbocycles. The van der Waals surface area contributed by atoms with Crippen LogP contribution in [0.1, 0.15) is 27.4 Å². The van der Waals surface area contributed by atoms with Gasteiger partial charge in [-0.1, -0.05) is 17.7 Å². The Morgan fingerprint density at radius 2 is 2.14 bits per heavy atom. The number of ether oxygens (including phenoxy) is 1. The molecule has 0 aliphatic carbocycles. The van der Waals surface area contributed by atoms with Crippen LogP contribution in [0.25, 0.3) is 11.6 Å². The van der Waals surface area contributed by atoms with Crippen molar-refractivity contribution < 1.29 is 18.7 Å². The number of halogens is 1. The van der Waals surface area contributed by atoms with Gasteiger partial charge in [0.1, 0.15) is 17.1 Å². The molecule has 1 amide bonds. The molecule has 1 aliphatic heterocycles. The number of anilines is 1. The number of carbonyl (C=O) groups is 2. The summed E-state index contributed by atoms with van der Waals surface area (Å²) in [5, 5.41) is 3.28. The van der Waals surface area contributed by atoms with Crippen LogP contribution < -0.4 is 5.32 Å². The number of fused-ring (bicyclic) bond motifs is 1. The van der Waals surface area contributed by atoms with Crippen molar-refractivity contribution in [1.82, 2.24) is 0 Å². The van der Waals surface area contributed by atoms with Crippen LogP contribution in [0.3, 0.4) is 0 Å². The molecule has 5 nitrogen and oxygen atoms in total. The molecule has 1 aromatic carbocycles. The lowest BCUT2D eigenvalue weighted by molar-refractivity contribution is -0.110. The smallest absolute Gasteiger partial charge is 0.341 e. The lowest BCUT2D eigenvalue weighted by atomic mass is 10.1. The van der Waals surface area contributed by atoms with Gasteiger partial charge in [-0.25, -0.2) is 4.79 Å². The third kappa shape index (κ3) is 2.40. The fraction of sp³-hybridized carbons (Fsp3) is 0.125. The van der Waals surface area contributed by atoms with Gasteiger partial charge in [0.2, 0.25) is 0 Å². The largest absolute Gasteiger partial charge is 0.465 e. The van der Waals surface area contributed by atoms with Gasteiger partial charge < -0.3 is 14.5 Å². The Morgan fingerprint density at radius 1 is 1.36 bits per heavy atom. The summed E-state index contributed by atoms with van der Waals surface area (Å²) in [7, 11) is 1.30. The van der Waals surface area contributed by atoms with E-state index in [1.807, 2.05) is 0 Å². The third-order valence-electron chi connectivity index (χ3n) is 3.39. The van der Waals surface area contributed by atoms with Gasteiger partial charge in [0.25, 0.3) is 5.91 Å². The zero-order valence-electron chi connectivity index (χ0n) is 11.9. The van der Waals surface area contributed by atoms with Crippen molar-refractivity contribution in [3.63, 3.8) is 0 Å². The number of aryl methyl sites for hydroxylation is 1. The molecule has 2 heterocycles. The fourth-order valence-electron chi connectivity index (χ4n) is 2.34. The van der Waals surface area contributed by atoms with Crippen LogP contribution in [-0.4, -0.2) is 19.0 Å². The second-order valence-electron chi connectivity index (χ2n) is 4.81. The van der Waals surface area contributed by atoms with E-state index in [1.165, 1.54) is 7.11 Å². The summed E-state index contributed by atoms with van der Waals surface area (Å²) in [6, 6.07) is 6.71. The van der Waals surface area contributed by atoms with E-state index in [2.05, 4.69) is 10.1 Å². The summed E-state index contributed by atoms with van der Waals surface area (Å²) in [5.41, 5.74) is 2.18. The zero-order chi connectivity index (χ0) is 15.9.